The highest BCUT2D eigenvalue weighted by atomic mass is 16.4. The van der Waals surface area contributed by atoms with Gasteiger partial charge < -0.3 is 10.4 Å². The lowest BCUT2D eigenvalue weighted by atomic mass is 10.1. The van der Waals surface area contributed by atoms with E-state index in [-0.39, 0.29) is 12.5 Å². The summed E-state index contributed by atoms with van der Waals surface area (Å²) in [6.07, 6.45) is 2.37. The molecule has 0 aliphatic heterocycles. The van der Waals surface area contributed by atoms with Crippen LogP contribution in [0.15, 0.2) is 36.4 Å². The molecule has 1 saturated carbocycles. The summed E-state index contributed by atoms with van der Waals surface area (Å²) in [4.78, 5) is 15.4. The molecule has 0 radical (unpaired) electrons. The van der Waals surface area contributed by atoms with Crippen LogP contribution in [0.25, 0.3) is 10.9 Å². The molecule has 0 bridgehead atoms. The zero-order valence-electron chi connectivity index (χ0n) is 10.5. The molecule has 1 aromatic carbocycles. The Hall–Kier alpha value is -2.10. The number of anilines is 1. The van der Waals surface area contributed by atoms with E-state index in [1.807, 2.05) is 36.4 Å². The minimum Gasteiger partial charge on any atom is -0.481 e. The van der Waals surface area contributed by atoms with Crippen molar-refractivity contribution in [3.63, 3.8) is 0 Å². The van der Waals surface area contributed by atoms with E-state index in [1.54, 1.807) is 0 Å². The van der Waals surface area contributed by atoms with Crippen LogP contribution in [0.3, 0.4) is 0 Å². The Kier molecular flexibility index (Phi) is 3.07. The van der Waals surface area contributed by atoms with Crippen molar-refractivity contribution in [2.75, 3.05) is 5.32 Å². The van der Waals surface area contributed by atoms with Crippen LogP contribution in [0.5, 0.6) is 0 Å². The summed E-state index contributed by atoms with van der Waals surface area (Å²) in [6.45, 7) is 0. The van der Waals surface area contributed by atoms with Crippen molar-refractivity contribution in [1.29, 1.82) is 0 Å². The molecule has 1 atom stereocenters. The monoisotopic (exact) mass is 256 g/mol. The third-order valence-electron chi connectivity index (χ3n) is 3.52. The maximum atomic E-state index is 10.9. The number of carboxylic acid groups (broad SMARTS) is 1. The quantitative estimate of drug-likeness (QED) is 0.863. The van der Waals surface area contributed by atoms with Crippen LogP contribution in [0.1, 0.15) is 19.3 Å². The minimum atomic E-state index is -0.759. The number of hydrogen-bond acceptors (Lipinski definition) is 3. The lowest BCUT2D eigenvalue weighted by Gasteiger charge is -2.17. The number of nitrogens with one attached hydrogen (secondary N) is 1. The number of aliphatic carboxylic acids is 1. The first-order valence-corrected chi connectivity index (χ1v) is 6.56. The van der Waals surface area contributed by atoms with Crippen molar-refractivity contribution in [3.05, 3.63) is 36.4 Å². The summed E-state index contributed by atoms with van der Waals surface area (Å²) < 4.78 is 0. The largest absolute Gasteiger partial charge is 0.481 e. The average molecular weight is 256 g/mol. The third-order valence-corrected chi connectivity index (χ3v) is 3.52. The van der Waals surface area contributed by atoms with Crippen LogP contribution in [0, 0.1) is 5.92 Å². The molecule has 2 aromatic rings. The molecule has 1 heterocycles. The first-order valence-electron chi connectivity index (χ1n) is 6.56. The van der Waals surface area contributed by atoms with Gasteiger partial charge in [0.05, 0.1) is 11.9 Å². The molecule has 1 aromatic heterocycles. The molecular formula is C15H16N2O2. The smallest absolute Gasteiger partial charge is 0.305 e. The first kappa shape index (κ1) is 12.0. The van der Waals surface area contributed by atoms with E-state index in [1.165, 1.54) is 0 Å². The number of benzene rings is 1. The summed E-state index contributed by atoms with van der Waals surface area (Å²) in [5.41, 5.74) is 0.928. The van der Waals surface area contributed by atoms with Gasteiger partial charge in [-0.2, -0.15) is 0 Å². The number of carbonyl (C=O) groups is 1. The van der Waals surface area contributed by atoms with Gasteiger partial charge in [-0.25, -0.2) is 4.98 Å². The molecule has 4 heteroatoms. The molecular weight excluding hydrogens is 240 g/mol. The zero-order chi connectivity index (χ0) is 13.2. The van der Waals surface area contributed by atoms with Gasteiger partial charge in [0.25, 0.3) is 0 Å². The van der Waals surface area contributed by atoms with Gasteiger partial charge in [0, 0.05) is 11.4 Å². The summed E-state index contributed by atoms with van der Waals surface area (Å²) >= 11 is 0. The van der Waals surface area contributed by atoms with Crippen molar-refractivity contribution in [3.8, 4) is 0 Å². The summed E-state index contributed by atoms with van der Waals surface area (Å²) in [5, 5.41) is 13.3. The van der Waals surface area contributed by atoms with Gasteiger partial charge in [-0.1, -0.05) is 18.2 Å². The van der Waals surface area contributed by atoms with Gasteiger partial charge in [0.1, 0.15) is 5.82 Å². The molecule has 3 rings (SSSR count). The Morgan fingerprint density at radius 3 is 2.84 bits per heavy atom. The molecule has 2 N–H and O–H groups in total. The van der Waals surface area contributed by atoms with Gasteiger partial charge in [0.2, 0.25) is 0 Å². The van der Waals surface area contributed by atoms with Crippen molar-refractivity contribution in [2.45, 2.75) is 25.3 Å². The Morgan fingerprint density at radius 2 is 2.11 bits per heavy atom. The Bertz CT molecular complexity index is 608. The first-order chi connectivity index (χ1) is 9.22. The number of para-hydroxylation sites is 1. The Labute approximate surface area is 111 Å². The van der Waals surface area contributed by atoms with Crippen molar-refractivity contribution >= 4 is 22.7 Å². The van der Waals surface area contributed by atoms with Gasteiger partial charge in [-0.15, -0.1) is 0 Å². The second-order valence-corrected chi connectivity index (χ2v) is 5.08. The highest BCUT2D eigenvalue weighted by Crippen LogP contribution is 2.35. The molecule has 0 saturated heterocycles. The third kappa shape index (κ3) is 2.84. The van der Waals surface area contributed by atoms with Crippen LogP contribution in [-0.4, -0.2) is 22.1 Å². The van der Waals surface area contributed by atoms with E-state index in [0.717, 1.165) is 29.6 Å². The van der Waals surface area contributed by atoms with Crippen molar-refractivity contribution < 1.29 is 9.90 Å². The molecule has 98 valence electrons. The molecule has 19 heavy (non-hydrogen) atoms. The lowest BCUT2D eigenvalue weighted by molar-refractivity contribution is -0.137. The highest BCUT2D eigenvalue weighted by molar-refractivity contribution is 5.80. The standard InChI is InChI=1S/C15H16N2O2/c18-15(19)9-13(11-5-6-11)17-14-8-7-10-3-1-2-4-12(10)16-14/h1-4,7-8,11,13H,5-6,9H2,(H,16,17)(H,18,19). The molecule has 1 unspecified atom stereocenters. The summed E-state index contributed by atoms with van der Waals surface area (Å²) in [5.74, 6) is 0.478. The van der Waals surface area contributed by atoms with Gasteiger partial charge in [0.15, 0.2) is 0 Å². The number of aromatic nitrogens is 1. The fourth-order valence-electron chi connectivity index (χ4n) is 2.36. The normalized spacial score (nSPS) is 16.2. The lowest BCUT2D eigenvalue weighted by Crippen LogP contribution is -2.25. The fourth-order valence-corrected chi connectivity index (χ4v) is 2.36. The Morgan fingerprint density at radius 1 is 1.32 bits per heavy atom. The van der Waals surface area contributed by atoms with Crippen LogP contribution < -0.4 is 5.32 Å². The molecule has 4 nitrogen and oxygen atoms in total. The van der Waals surface area contributed by atoms with Gasteiger partial charge in [-0.05, 0) is 37.0 Å². The van der Waals surface area contributed by atoms with E-state index in [9.17, 15) is 4.79 Å². The zero-order valence-corrected chi connectivity index (χ0v) is 10.5. The minimum absolute atomic E-state index is 0.00818. The predicted molar refractivity (Wildman–Crippen MR) is 74.1 cm³/mol. The summed E-state index contributed by atoms with van der Waals surface area (Å²) in [7, 11) is 0. The van der Waals surface area contributed by atoms with E-state index < -0.39 is 5.97 Å². The van der Waals surface area contributed by atoms with E-state index in [2.05, 4.69) is 10.3 Å². The van der Waals surface area contributed by atoms with Gasteiger partial charge >= 0.3 is 5.97 Å². The number of pyridine rings is 1. The van der Waals surface area contributed by atoms with Crippen molar-refractivity contribution in [1.82, 2.24) is 4.98 Å². The number of hydrogen-bond donors (Lipinski definition) is 2. The highest BCUT2D eigenvalue weighted by Gasteiger charge is 2.32. The van der Waals surface area contributed by atoms with Crippen LogP contribution in [0.4, 0.5) is 5.82 Å². The molecule has 0 spiro atoms. The Balaban J connectivity index is 1.80. The van der Waals surface area contributed by atoms with Crippen LogP contribution in [0.2, 0.25) is 0 Å². The molecule has 0 amide bonds. The van der Waals surface area contributed by atoms with E-state index in [0.29, 0.717) is 5.92 Å². The van der Waals surface area contributed by atoms with E-state index >= 15 is 0 Å². The molecule has 1 fully saturated rings. The molecule has 1 aliphatic carbocycles. The van der Waals surface area contributed by atoms with Crippen LogP contribution in [-0.2, 0) is 4.79 Å². The van der Waals surface area contributed by atoms with Gasteiger partial charge in [-0.3, -0.25) is 4.79 Å². The van der Waals surface area contributed by atoms with Crippen molar-refractivity contribution in [2.24, 2.45) is 5.92 Å². The average Bonchev–Trinajstić information content (AvgIpc) is 3.21. The maximum Gasteiger partial charge on any atom is 0.305 e. The van der Waals surface area contributed by atoms with E-state index in [4.69, 9.17) is 5.11 Å². The summed E-state index contributed by atoms with van der Waals surface area (Å²) in [6, 6.07) is 11.8. The topological polar surface area (TPSA) is 62.2 Å². The number of rotatable bonds is 5. The number of carboxylic acids is 1. The molecule has 1 aliphatic rings. The predicted octanol–water partition coefficient (Wildman–Crippen LogP) is 2.90. The SMILES string of the molecule is O=C(O)CC(Nc1ccc2ccccc2n1)C1CC1. The van der Waals surface area contributed by atoms with Crippen LogP contribution >= 0.6 is 0 Å². The second kappa shape index (κ2) is 4.88. The second-order valence-electron chi connectivity index (χ2n) is 5.08. The number of nitrogens with zero attached hydrogens (tertiary/aromatic N) is 1. The maximum absolute atomic E-state index is 10.9. The fraction of sp³-hybridized carbons (Fsp3) is 0.333. The number of fused-ring (bicyclic) bond motifs is 1.